The first-order chi connectivity index (χ1) is 7.45. The lowest BCUT2D eigenvalue weighted by Crippen LogP contribution is -1.86. The zero-order valence-electron chi connectivity index (χ0n) is 8.38. The van der Waals surface area contributed by atoms with Gasteiger partial charge in [-0.05, 0) is 17.7 Å². The van der Waals surface area contributed by atoms with Crippen LogP contribution >= 0.6 is 0 Å². The average Bonchev–Trinajstić information content (AvgIpc) is 2.32. The van der Waals surface area contributed by atoms with Gasteiger partial charge in [-0.15, -0.1) is 0 Å². The summed E-state index contributed by atoms with van der Waals surface area (Å²) in [6.07, 6.45) is 3.57. The summed E-state index contributed by atoms with van der Waals surface area (Å²) in [5, 5.41) is 0. The summed E-state index contributed by atoms with van der Waals surface area (Å²) >= 11 is 0. The highest BCUT2D eigenvalue weighted by Crippen LogP contribution is 2.00. The number of aliphatic imine (C=N–C) groups is 1. The molecule has 0 aliphatic heterocycles. The molecule has 0 aliphatic carbocycles. The Kier molecular flexibility index (Phi) is 3.23. The van der Waals surface area contributed by atoms with Gasteiger partial charge in [0, 0.05) is 12.4 Å². The highest BCUT2D eigenvalue weighted by molar-refractivity contribution is 5.76. The van der Waals surface area contributed by atoms with Gasteiger partial charge in [0.2, 0.25) is 0 Å². The van der Waals surface area contributed by atoms with Crippen molar-refractivity contribution >= 4 is 6.21 Å². The Morgan fingerprint density at radius 1 is 1.00 bits per heavy atom. The van der Waals surface area contributed by atoms with Crippen LogP contribution in [-0.2, 0) is 6.54 Å². The molecule has 0 aliphatic rings. The smallest absolute Gasteiger partial charge is 0.0807 e. The van der Waals surface area contributed by atoms with Gasteiger partial charge < -0.3 is 0 Å². The van der Waals surface area contributed by atoms with Crippen molar-refractivity contribution in [3.63, 3.8) is 0 Å². The SMILES string of the molecule is C(=NCc1ccccc1)c1ccccn1. The summed E-state index contributed by atoms with van der Waals surface area (Å²) in [5.74, 6) is 0. The number of nitrogens with zero attached hydrogens (tertiary/aromatic N) is 2. The Hall–Kier alpha value is -1.96. The molecule has 0 radical (unpaired) electrons. The molecule has 0 N–H and O–H groups in total. The summed E-state index contributed by atoms with van der Waals surface area (Å²) in [5.41, 5.74) is 2.11. The zero-order valence-corrected chi connectivity index (χ0v) is 8.38. The van der Waals surface area contributed by atoms with E-state index in [0.29, 0.717) is 6.54 Å². The monoisotopic (exact) mass is 196 g/mol. The fourth-order valence-corrected chi connectivity index (χ4v) is 1.28. The van der Waals surface area contributed by atoms with Crippen molar-refractivity contribution in [1.29, 1.82) is 0 Å². The van der Waals surface area contributed by atoms with Crippen LogP contribution in [0.25, 0.3) is 0 Å². The summed E-state index contributed by atoms with van der Waals surface area (Å²) in [6, 6.07) is 16.0. The molecule has 0 fully saturated rings. The van der Waals surface area contributed by atoms with E-state index >= 15 is 0 Å². The van der Waals surface area contributed by atoms with Crippen molar-refractivity contribution in [3.05, 3.63) is 66.0 Å². The van der Waals surface area contributed by atoms with Gasteiger partial charge in [0.15, 0.2) is 0 Å². The predicted molar refractivity (Wildman–Crippen MR) is 62.0 cm³/mol. The molecule has 1 aromatic heterocycles. The molecule has 74 valence electrons. The minimum Gasteiger partial charge on any atom is -0.286 e. The molecule has 0 amide bonds. The Morgan fingerprint density at radius 3 is 2.53 bits per heavy atom. The molecule has 2 nitrogen and oxygen atoms in total. The minimum absolute atomic E-state index is 0.706. The van der Waals surface area contributed by atoms with Crippen LogP contribution in [0, 0.1) is 0 Å². The average molecular weight is 196 g/mol. The van der Waals surface area contributed by atoms with Gasteiger partial charge in [0.1, 0.15) is 0 Å². The second kappa shape index (κ2) is 5.05. The van der Waals surface area contributed by atoms with Crippen molar-refractivity contribution in [1.82, 2.24) is 4.98 Å². The predicted octanol–water partition coefficient (Wildman–Crippen LogP) is 2.70. The molecular weight excluding hydrogens is 184 g/mol. The summed E-state index contributed by atoms with van der Waals surface area (Å²) in [7, 11) is 0. The lowest BCUT2D eigenvalue weighted by atomic mass is 10.2. The van der Waals surface area contributed by atoms with Gasteiger partial charge in [-0.1, -0.05) is 36.4 Å². The van der Waals surface area contributed by atoms with Crippen LogP contribution in [0.15, 0.2) is 59.7 Å². The van der Waals surface area contributed by atoms with E-state index in [-0.39, 0.29) is 0 Å². The summed E-state index contributed by atoms with van der Waals surface area (Å²) < 4.78 is 0. The quantitative estimate of drug-likeness (QED) is 0.693. The van der Waals surface area contributed by atoms with E-state index in [9.17, 15) is 0 Å². The molecular formula is C13H12N2. The second-order valence-electron chi connectivity index (χ2n) is 3.21. The van der Waals surface area contributed by atoms with Crippen LogP contribution in [0.3, 0.4) is 0 Å². The number of aromatic nitrogens is 1. The third-order valence-corrected chi connectivity index (χ3v) is 2.03. The van der Waals surface area contributed by atoms with Gasteiger partial charge in [-0.3, -0.25) is 9.98 Å². The molecule has 1 aromatic carbocycles. The lowest BCUT2D eigenvalue weighted by molar-refractivity contribution is 1.07. The maximum absolute atomic E-state index is 4.32. The van der Waals surface area contributed by atoms with Crippen LogP contribution in [0.2, 0.25) is 0 Å². The Balaban J connectivity index is 1.97. The maximum atomic E-state index is 4.32. The Labute approximate surface area is 89.3 Å². The second-order valence-corrected chi connectivity index (χ2v) is 3.21. The number of pyridine rings is 1. The minimum atomic E-state index is 0.706. The zero-order chi connectivity index (χ0) is 10.3. The number of hydrogen-bond donors (Lipinski definition) is 0. The molecule has 0 atom stereocenters. The molecule has 0 saturated carbocycles. The molecule has 0 bridgehead atoms. The van der Waals surface area contributed by atoms with Crippen LogP contribution in [-0.4, -0.2) is 11.2 Å². The van der Waals surface area contributed by atoms with Crippen molar-refractivity contribution in [3.8, 4) is 0 Å². The van der Waals surface area contributed by atoms with E-state index < -0.39 is 0 Å². The van der Waals surface area contributed by atoms with Gasteiger partial charge >= 0.3 is 0 Å². The Morgan fingerprint density at radius 2 is 1.80 bits per heavy atom. The lowest BCUT2D eigenvalue weighted by Gasteiger charge is -1.94. The topological polar surface area (TPSA) is 25.2 Å². The molecule has 2 rings (SSSR count). The largest absolute Gasteiger partial charge is 0.286 e. The number of benzene rings is 1. The number of rotatable bonds is 3. The van der Waals surface area contributed by atoms with E-state index in [2.05, 4.69) is 22.1 Å². The van der Waals surface area contributed by atoms with Crippen molar-refractivity contribution in [2.24, 2.45) is 4.99 Å². The van der Waals surface area contributed by atoms with Crippen LogP contribution < -0.4 is 0 Å². The van der Waals surface area contributed by atoms with Crippen LogP contribution in [0.4, 0.5) is 0 Å². The molecule has 2 heteroatoms. The normalized spacial score (nSPS) is 10.7. The molecule has 2 aromatic rings. The number of hydrogen-bond acceptors (Lipinski definition) is 2. The van der Waals surface area contributed by atoms with Crippen LogP contribution in [0.5, 0.6) is 0 Å². The summed E-state index contributed by atoms with van der Waals surface area (Å²) in [6.45, 7) is 0.706. The summed E-state index contributed by atoms with van der Waals surface area (Å²) in [4.78, 5) is 8.48. The first-order valence-corrected chi connectivity index (χ1v) is 4.90. The molecule has 0 spiro atoms. The first-order valence-electron chi connectivity index (χ1n) is 4.90. The first kappa shape index (κ1) is 9.59. The standard InChI is InChI=1S/C13H12N2/c1-2-6-12(7-3-1)10-14-11-13-8-4-5-9-15-13/h1-9,11H,10H2. The fourth-order valence-electron chi connectivity index (χ4n) is 1.28. The third-order valence-electron chi connectivity index (χ3n) is 2.03. The van der Waals surface area contributed by atoms with E-state index in [1.54, 1.807) is 12.4 Å². The molecule has 1 heterocycles. The fraction of sp³-hybridized carbons (Fsp3) is 0.0769. The van der Waals surface area contributed by atoms with Crippen molar-refractivity contribution in [2.75, 3.05) is 0 Å². The van der Waals surface area contributed by atoms with Crippen molar-refractivity contribution in [2.45, 2.75) is 6.54 Å². The van der Waals surface area contributed by atoms with E-state index in [0.717, 1.165) is 5.69 Å². The van der Waals surface area contributed by atoms with E-state index in [1.165, 1.54) is 5.56 Å². The van der Waals surface area contributed by atoms with E-state index in [1.807, 2.05) is 36.4 Å². The molecule has 0 unspecified atom stereocenters. The van der Waals surface area contributed by atoms with E-state index in [4.69, 9.17) is 0 Å². The maximum Gasteiger partial charge on any atom is 0.0807 e. The van der Waals surface area contributed by atoms with Crippen LogP contribution in [0.1, 0.15) is 11.3 Å². The highest BCUT2D eigenvalue weighted by Gasteiger charge is 1.87. The van der Waals surface area contributed by atoms with Gasteiger partial charge in [0.25, 0.3) is 0 Å². The van der Waals surface area contributed by atoms with Crippen molar-refractivity contribution < 1.29 is 0 Å². The van der Waals surface area contributed by atoms with Gasteiger partial charge in [-0.2, -0.15) is 0 Å². The van der Waals surface area contributed by atoms with Gasteiger partial charge in [-0.25, -0.2) is 0 Å². The van der Waals surface area contributed by atoms with Gasteiger partial charge in [0.05, 0.1) is 12.2 Å². The Bertz CT molecular complexity index is 421. The molecule has 15 heavy (non-hydrogen) atoms. The molecule has 0 saturated heterocycles. The highest BCUT2D eigenvalue weighted by atomic mass is 14.7. The third kappa shape index (κ3) is 3.02.